The van der Waals surface area contributed by atoms with Crippen molar-refractivity contribution in [3.63, 3.8) is 0 Å². The molecule has 2 aliphatic rings. The minimum absolute atomic E-state index is 0.00930. The van der Waals surface area contributed by atoms with E-state index < -0.39 is 0 Å². The molecule has 1 unspecified atom stereocenters. The minimum atomic E-state index is -0.277. The average molecular weight is 449 g/mol. The molecule has 0 radical (unpaired) electrons. The molecule has 2 aromatic carbocycles. The highest BCUT2D eigenvalue weighted by atomic mass is 16.5. The van der Waals surface area contributed by atoms with Gasteiger partial charge in [0, 0.05) is 19.1 Å². The van der Waals surface area contributed by atoms with Crippen molar-refractivity contribution >= 4 is 17.0 Å². The first kappa shape index (κ1) is 21.9. The highest BCUT2D eigenvalue weighted by Gasteiger charge is 2.34. The predicted octanol–water partition coefficient (Wildman–Crippen LogP) is 3.77. The molecule has 0 saturated carbocycles. The highest BCUT2D eigenvalue weighted by molar-refractivity contribution is 5.90. The lowest BCUT2D eigenvalue weighted by Crippen LogP contribution is -2.50. The van der Waals surface area contributed by atoms with Crippen LogP contribution in [0.5, 0.6) is 0 Å². The molecule has 2 aliphatic heterocycles. The normalized spacial score (nSPS) is 20.8. The molecule has 0 spiro atoms. The number of nitrogens with zero attached hydrogens (tertiary/aromatic N) is 3. The van der Waals surface area contributed by atoms with Gasteiger partial charge in [-0.15, -0.1) is 0 Å². The van der Waals surface area contributed by atoms with E-state index in [0.717, 1.165) is 68.5 Å². The molecular weight excluding hydrogens is 416 g/mol. The van der Waals surface area contributed by atoms with E-state index in [1.165, 1.54) is 13.5 Å². The molecule has 1 N–H and O–H groups in total. The third kappa shape index (κ3) is 4.35. The highest BCUT2D eigenvalue weighted by Crippen LogP contribution is 2.33. The van der Waals surface area contributed by atoms with E-state index in [1.54, 1.807) is 0 Å². The number of para-hydroxylation sites is 2. The van der Waals surface area contributed by atoms with Crippen molar-refractivity contribution in [2.75, 3.05) is 26.7 Å². The third-order valence-corrected chi connectivity index (χ3v) is 7.28. The fourth-order valence-corrected chi connectivity index (χ4v) is 5.63. The average Bonchev–Trinajstić information content (AvgIpc) is 3.20. The fraction of sp³-hybridized carbons (Fsp3) is 0.462. The van der Waals surface area contributed by atoms with Gasteiger partial charge in [0.15, 0.2) is 0 Å². The Morgan fingerprint density at radius 2 is 1.76 bits per heavy atom. The number of carbonyl (C=O) groups excluding carboxylic acids is 1. The van der Waals surface area contributed by atoms with Gasteiger partial charge < -0.3 is 9.72 Å². The molecule has 2 fully saturated rings. The smallest absolute Gasteiger partial charge is 0.338 e. The summed E-state index contributed by atoms with van der Waals surface area (Å²) in [5.74, 6) is -0.277. The first-order chi connectivity index (χ1) is 16.2. The molecule has 2 saturated heterocycles. The number of likely N-dealkylation sites (tertiary alicyclic amines) is 2. The minimum Gasteiger partial charge on any atom is -0.465 e. The second-order valence-electron chi connectivity index (χ2n) is 9.19. The molecule has 0 bridgehead atoms. The van der Waals surface area contributed by atoms with E-state index in [4.69, 9.17) is 4.74 Å². The summed E-state index contributed by atoms with van der Waals surface area (Å²) in [5, 5.41) is 0. The largest absolute Gasteiger partial charge is 0.465 e. The molecule has 33 heavy (non-hydrogen) atoms. The van der Waals surface area contributed by atoms with E-state index >= 15 is 0 Å². The number of methoxy groups -OCH3 is 1. The molecular formula is C26H32N4O3. The maximum absolute atomic E-state index is 12.9. The number of nitrogens with one attached hydrogen (secondary N) is 1. The van der Waals surface area contributed by atoms with Crippen LogP contribution in [-0.4, -0.2) is 58.1 Å². The van der Waals surface area contributed by atoms with Gasteiger partial charge in [0.25, 0.3) is 0 Å². The number of carbonyl (C=O) groups is 1. The van der Waals surface area contributed by atoms with Gasteiger partial charge in [-0.2, -0.15) is 0 Å². The summed E-state index contributed by atoms with van der Waals surface area (Å²) in [6.07, 6.45) is 5.58. The van der Waals surface area contributed by atoms with Crippen LogP contribution >= 0.6 is 0 Å². The van der Waals surface area contributed by atoms with E-state index in [9.17, 15) is 9.59 Å². The van der Waals surface area contributed by atoms with Crippen LogP contribution in [0.1, 0.15) is 54.2 Å². The van der Waals surface area contributed by atoms with Crippen LogP contribution in [0.3, 0.4) is 0 Å². The number of esters is 1. The second-order valence-corrected chi connectivity index (χ2v) is 9.19. The number of aromatic nitrogens is 2. The molecule has 3 heterocycles. The molecule has 3 aromatic rings. The number of ether oxygens (including phenoxy) is 1. The molecule has 1 aromatic heterocycles. The monoisotopic (exact) mass is 448 g/mol. The number of H-pyrrole nitrogens is 1. The number of hydrogen-bond acceptors (Lipinski definition) is 5. The van der Waals surface area contributed by atoms with Crippen LogP contribution in [0, 0.1) is 0 Å². The maximum Gasteiger partial charge on any atom is 0.338 e. The van der Waals surface area contributed by atoms with Gasteiger partial charge in [-0.05, 0) is 69.0 Å². The zero-order valence-electron chi connectivity index (χ0n) is 19.2. The summed E-state index contributed by atoms with van der Waals surface area (Å²) in [7, 11) is 1.43. The van der Waals surface area contributed by atoms with Crippen LogP contribution in [0.25, 0.3) is 11.0 Å². The van der Waals surface area contributed by atoms with Crippen molar-refractivity contribution in [3.05, 3.63) is 70.1 Å². The number of rotatable bonds is 5. The van der Waals surface area contributed by atoms with E-state index in [1.807, 2.05) is 53.1 Å². The van der Waals surface area contributed by atoms with Crippen molar-refractivity contribution in [2.24, 2.45) is 0 Å². The molecule has 0 amide bonds. The Labute approximate surface area is 193 Å². The molecule has 7 heteroatoms. The van der Waals surface area contributed by atoms with Crippen molar-refractivity contribution < 1.29 is 9.53 Å². The van der Waals surface area contributed by atoms with Crippen molar-refractivity contribution in [3.8, 4) is 0 Å². The van der Waals surface area contributed by atoms with E-state index in [0.29, 0.717) is 11.6 Å². The SMILES string of the molecule is COC(=O)c1ccccc1CN1CCC(N2CCCCC2n2c(=O)[nH]c3ccccc32)CC1. The summed E-state index contributed by atoms with van der Waals surface area (Å²) in [6, 6.07) is 16.2. The second kappa shape index (κ2) is 9.53. The Bertz CT molecular complexity index is 1180. The van der Waals surface area contributed by atoms with Crippen molar-refractivity contribution in [1.29, 1.82) is 0 Å². The van der Waals surface area contributed by atoms with Gasteiger partial charge in [0.05, 0.1) is 29.9 Å². The lowest BCUT2D eigenvalue weighted by Gasteiger charge is -2.45. The Kier molecular flexibility index (Phi) is 6.33. The lowest BCUT2D eigenvalue weighted by atomic mass is 9.97. The van der Waals surface area contributed by atoms with Crippen LogP contribution in [0.4, 0.5) is 0 Å². The lowest BCUT2D eigenvalue weighted by molar-refractivity contribution is 0.0171. The van der Waals surface area contributed by atoms with Crippen LogP contribution in [0.15, 0.2) is 53.3 Å². The summed E-state index contributed by atoms with van der Waals surface area (Å²) in [5.41, 5.74) is 3.56. The first-order valence-corrected chi connectivity index (χ1v) is 12.0. The van der Waals surface area contributed by atoms with Crippen LogP contribution < -0.4 is 5.69 Å². The maximum atomic E-state index is 12.9. The first-order valence-electron chi connectivity index (χ1n) is 12.0. The molecule has 1 atom stereocenters. The zero-order chi connectivity index (χ0) is 22.8. The Morgan fingerprint density at radius 1 is 1.00 bits per heavy atom. The molecule has 0 aliphatic carbocycles. The summed E-state index contributed by atoms with van der Waals surface area (Å²) < 4.78 is 6.93. The van der Waals surface area contributed by atoms with Crippen LogP contribution in [0.2, 0.25) is 0 Å². The Hall–Kier alpha value is -2.90. The van der Waals surface area contributed by atoms with Crippen molar-refractivity contribution in [2.45, 2.75) is 50.9 Å². The standard InChI is InChI=1S/C26H32N4O3/c1-33-25(31)21-9-3-2-8-19(21)18-28-16-13-20(14-17-28)29-15-7-6-12-24(29)30-23-11-5-4-10-22(23)27-26(30)32/h2-5,8-11,20,24H,6-7,12-18H2,1H3,(H,27,32). The van der Waals surface area contributed by atoms with E-state index in [-0.39, 0.29) is 17.8 Å². The molecule has 7 nitrogen and oxygen atoms in total. The van der Waals surface area contributed by atoms with Gasteiger partial charge in [0.2, 0.25) is 0 Å². The Balaban J connectivity index is 1.30. The Morgan fingerprint density at radius 3 is 2.58 bits per heavy atom. The van der Waals surface area contributed by atoms with Crippen LogP contribution in [-0.2, 0) is 11.3 Å². The molecule has 174 valence electrons. The quantitative estimate of drug-likeness (QED) is 0.602. The number of fused-ring (bicyclic) bond motifs is 1. The van der Waals surface area contributed by atoms with Gasteiger partial charge in [0.1, 0.15) is 0 Å². The van der Waals surface area contributed by atoms with Gasteiger partial charge in [-0.1, -0.05) is 30.3 Å². The van der Waals surface area contributed by atoms with Gasteiger partial charge in [-0.25, -0.2) is 9.59 Å². The number of benzene rings is 2. The van der Waals surface area contributed by atoms with E-state index in [2.05, 4.69) is 14.8 Å². The third-order valence-electron chi connectivity index (χ3n) is 7.28. The summed E-state index contributed by atoms with van der Waals surface area (Å²) >= 11 is 0. The number of piperidine rings is 2. The zero-order valence-corrected chi connectivity index (χ0v) is 19.2. The van der Waals surface area contributed by atoms with Gasteiger partial charge in [-0.3, -0.25) is 14.4 Å². The number of aromatic amines is 1. The van der Waals surface area contributed by atoms with Crippen molar-refractivity contribution in [1.82, 2.24) is 19.4 Å². The topological polar surface area (TPSA) is 70.6 Å². The predicted molar refractivity (Wildman–Crippen MR) is 128 cm³/mol. The molecule has 5 rings (SSSR count). The number of imidazole rings is 1. The number of hydrogen-bond donors (Lipinski definition) is 1. The summed E-state index contributed by atoms with van der Waals surface area (Å²) in [4.78, 5) is 33.0. The van der Waals surface area contributed by atoms with Gasteiger partial charge >= 0.3 is 11.7 Å². The fourth-order valence-electron chi connectivity index (χ4n) is 5.63. The summed E-state index contributed by atoms with van der Waals surface area (Å²) in [6.45, 7) is 3.74.